The Hall–Kier alpha value is -0.640. The van der Waals surface area contributed by atoms with Gasteiger partial charge in [-0.25, -0.2) is 15.0 Å². The SMILES string of the molecule is PPP(P)P(P(P(P)P)P(P)P)P(P(P)P)P(P)P.c1ccc(-c2nc(-c3ccc4c(c3)oc3ccccc34)nc(-c3cccc4oc5ccc(-c6cccc7oc8cc(-n9c%10ccccc%10c%10ccccc%109)ccc8c67)cc5c34)n2)cc1. The molecular formula is C57H53N4O3P19. The number of aromatic nitrogens is 4. The molecule has 0 aliphatic carbocycles. The zero-order valence-electron chi connectivity index (χ0n) is 43.8. The first-order chi connectivity index (χ1) is 40.3. The minimum atomic E-state index is 0.0492. The number of nitrogens with zero attached hydrogens (tertiary/aromatic N) is 4. The van der Waals surface area contributed by atoms with Gasteiger partial charge in [0.25, 0.3) is 0 Å². The van der Waals surface area contributed by atoms with Crippen molar-refractivity contribution in [3.8, 4) is 51.0 Å². The molecule has 14 rings (SSSR count). The number of rotatable bonds is 13. The minimum absolute atomic E-state index is 0.0492. The Morgan fingerprint density at radius 3 is 1.47 bits per heavy atom. The molecule has 5 aromatic heterocycles. The molecule has 0 aliphatic heterocycles. The molecule has 414 valence electrons. The number of hydrogen-bond donors (Lipinski definition) is 0. The van der Waals surface area contributed by atoms with E-state index in [9.17, 15) is 0 Å². The van der Waals surface area contributed by atoms with Crippen LogP contribution in [0, 0.1) is 0 Å². The Bertz CT molecular complexity index is 4660. The topological polar surface area (TPSA) is 83.0 Å². The fourth-order valence-electron chi connectivity index (χ4n) is 10.7. The molecule has 5 heterocycles. The molecule has 0 aliphatic rings. The first kappa shape index (κ1) is 61.2. The van der Waals surface area contributed by atoms with Crippen molar-refractivity contribution in [2.75, 3.05) is 0 Å². The molecule has 9 aromatic carbocycles. The van der Waals surface area contributed by atoms with Crippen LogP contribution < -0.4 is 0 Å². The summed E-state index contributed by atoms with van der Waals surface area (Å²) in [5.74, 6) is 1.68. The molecule has 0 amide bonds. The molecule has 0 saturated heterocycles. The van der Waals surface area contributed by atoms with E-state index in [2.05, 4.69) is 221 Å². The molecule has 0 bridgehead atoms. The van der Waals surface area contributed by atoms with E-state index < -0.39 is 0 Å². The van der Waals surface area contributed by atoms with Crippen LogP contribution in [0.2, 0.25) is 0 Å². The van der Waals surface area contributed by atoms with E-state index in [1.165, 1.54) is 10.8 Å². The van der Waals surface area contributed by atoms with Crippen LogP contribution in [0.3, 0.4) is 0 Å². The monoisotopic (exact) mass is 1430 g/mol. The van der Waals surface area contributed by atoms with Gasteiger partial charge in [0.1, 0.15) is 33.5 Å². The number of fused-ring (bicyclic) bond motifs is 12. The lowest BCUT2D eigenvalue weighted by molar-refractivity contribution is 0.668. The average molecular weight is 1430 g/mol. The third-order valence-corrected chi connectivity index (χ3v) is 132. The van der Waals surface area contributed by atoms with Gasteiger partial charge >= 0.3 is 0 Å². The maximum atomic E-state index is 6.67. The fraction of sp³-hybridized carbons (Fsp3) is 0. The Morgan fingerprint density at radius 2 is 0.819 bits per heavy atom. The summed E-state index contributed by atoms with van der Waals surface area (Å²) < 4.78 is 21.8. The van der Waals surface area contributed by atoms with Gasteiger partial charge in [0.15, 0.2) is 17.5 Å². The quantitative estimate of drug-likeness (QED) is 0.107. The second-order valence-electron chi connectivity index (χ2n) is 19.1. The second kappa shape index (κ2) is 26.7. The molecule has 14 aromatic rings. The summed E-state index contributed by atoms with van der Waals surface area (Å²) in [5.41, 5.74) is 12.9. The predicted octanol–water partition coefficient (Wildman–Crippen LogP) is 26.1. The lowest BCUT2D eigenvalue weighted by Crippen LogP contribution is -2.00. The first-order valence-corrected chi connectivity index (χ1v) is 59.5. The molecule has 0 radical (unpaired) electrons. The number of benzene rings is 9. The van der Waals surface area contributed by atoms with Gasteiger partial charge in [-0.2, -0.15) is 0 Å². The van der Waals surface area contributed by atoms with E-state index in [0.717, 1.165) is 118 Å². The van der Waals surface area contributed by atoms with Crippen LogP contribution in [-0.4, -0.2) is 19.5 Å². The van der Waals surface area contributed by atoms with E-state index in [4.69, 9.17) is 28.2 Å². The van der Waals surface area contributed by atoms with Crippen molar-refractivity contribution in [2.24, 2.45) is 0 Å². The minimum Gasteiger partial charge on any atom is -0.456 e. The van der Waals surface area contributed by atoms with Gasteiger partial charge in [0, 0.05) is 71.5 Å². The number of hydrogen-bond acceptors (Lipinski definition) is 6. The number of furan rings is 3. The molecule has 26 heteroatoms. The maximum absolute atomic E-state index is 6.67. The smallest absolute Gasteiger partial charge is 0.164 e. The second-order valence-corrected chi connectivity index (χ2v) is 91.9. The van der Waals surface area contributed by atoms with Gasteiger partial charge < -0.3 is 17.8 Å². The van der Waals surface area contributed by atoms with Crippen LogP contribution in [0.25, 0.3) is 139 Å². The Kier molecular flexibility index (Phi) is 19.7. The molecule has 0 fully saturated rings. The Labute approximate surface area is 514 Å². The van der Waals surface area contributed by atoms with Crippen molar-refractivity contribution in [2.45, 2.75) is 0 Å². The summed E-state index contributed by atoms with van der Waals surface area (Å²) in [4.78, 5) is 15.4. The highest BCUT2D eigenvalue weighted by Gasteiger charge is 2.40. The lowest BCUT2D eigenvalue weighted by Gasteiger charge is -2.44. The molecule has 12 unspecified atom stereocenters. The van der Waals surface area contributed by atoms with Crippen LogP contribution in [0.1, 0.15) is 0 Å². The van der Waals surface area contributed by atoms with Crippen molar-refractivity contribution in [1.82, 2.24) is 19.5 Å². The Balaban J connectivity index is 0.000000294. The zero-order valence-corrected chi connectivity index (χ0v) is 63.5. The molecule has 7 nitrogen and oxygen atoms in total. The highest BCUT2D eigenvalue weighted by atomic mass is 33.4. The summed E-state index contributed by atoms with van der Waals surface area (Å²) in [7, 11) is 32.5. The molecule has 0 N–H and O–H groups in total. The van der Waals surface area contributed by atoms with Gasteiger partial charge in [0.2, 0.25) is 0 Å². The van der Waals surface area contributed by atoms with Gasteiger partial charge in [0.05, 0.1) is 11.0 Å². The zero-order chi connectivity index (χ0) is 57.2. The summed E-state index contributed by atoms with van der Waals surface area (Å²) in [6, 6.07) is 66.8. The summed E-state index contributed by atoms with van der Waals surface area (Å²) in [6.07, 6.45) is 0. The maximum Gasteiger partial charge on any atom is 0.164 e. The van der Waals surface area contributed by atoms with Gasteiger partial charge in [-0.3, -0.25) is 0 Å². The molecule has 0 saturated carbocycles. The molecule has 12 atom stereocenters. The average Bonchev–Trinajstić information content (AvgIpc) is 4.48. The Morgan fingerprint density at radius 1 is 0.337 bits per heavy atom. The fourth-order valence-corrected chi connectivity index (χ4v) is 229. The van der Waals surface area contributed by atoms with Crippen LogP contribution >= 0.6 is 153 Å². The van der Waals surface area contributed by atoms with Crippen molar-refractivity contribution >= 4 is 241 Å². The van der Waals surface area contributed by atoms with Crippen LogP contribution in [-0.2, 0) is 0 Å². The lowest BCUT2D eigenvalue weighted by atomic mass is 9.97. The normalized spacial score (nSPS) is 12.9. The van der Waals surface area contributed by atoms with Crippen LogP contribution in [0.4, 0.5) is 0 Å². The summed E-state index contributed by atoms with van der Waals surface area (Å²) in [5, 5.41) is 8.59. The molecule has 0 spiro atoms. The van der Waals surface area contributed by atoms with Crippen molar-refractivity contribution < 1.29 is 13.3 Å². The third kappa shape index (κ3) is 12.2. The van der Waals surface area contributed by atoms with Gasteiger partial charge in [-0.1, -0.05) is 129 Å². The summed E-state index contributed by atoms with van der Waals surface area (Å²) >= 11 is 0. The largest absolute Gasteiger partial charge is 0.456 e. The highest BCUT2D eigenvalue weighted by Crippen LogP contribution is 3.28. The van der Waals surface area contributed by atoms with Crippen molar-refractivity contribution in [3.05, 3.63) is 194 Å². The van der Waals surface area contributed by atoms with E-state index >= 15 is 0 Å². The van der Waals surface area contributed by atoms with Gasteiger partial charge in [-0.15, -0.1) is 89.3 Å². The van der Waals surface area contributed by atoms with Crippen LogP contribution in [0.15, 0.2) is 207 Å². The van der Waals surface area contributed by atoms with E-state index in [1.54, 1.807) is 0 Å². The third-order valence-electron chi connectivity index (χ3n) is 14.1. The number of para-hydroxylation sites is 3. The van der Waals surface area contributed by atoms with Crippen molar-refractivity contribution in [1.29, 1.82) is 0 Å². The molecule has 83 heavy (non-hydrogen) atoms. The van der Waals surface area contributed by atoms with Crippen molar-refractivity contribution in [3.63, 3.8) is 0 Å². The predicted molar refractivity (Wildman–Crippen MR) is 419 cm³/mol. The molecular weight excluding hydrogens is 1380 g/mol. The van der Waals surface area contributed by atoms with E-state index in [0.29, 0.717) is 17.5 Å². The first-order valence-electron chi connectivity index (χ1n) is 25.6. The highest BCUT2D eigenvalue weighted by molar-refractivity contribution is 9.34. The van der Waals surface area contributed by atoms with Crippen LogP contribution in [0.5, 0.6) is 0 Å². The van der Waals surface area contributed by atoms with E-state index in [-0.39, 0.29) is 55.9 Å². The summed E-state index contributed by atoms with van der Waals surface area (Å²) in [6.45, 7) is 0.854. The van der Waals surface area contributed by atoms with E-state index in [1.807, 2.05) is 66.7 Å². The van der Waals surface area contributed by atoms with Gasteiger partial charge in [-0.05, 0) is 134 Å². The standard InChI is InChI=1S/C57H32N4O3.H21P19/c1-2-12-33(13-3-1)55-58-56(35-24-27-41-40-16-6-9-21-47(40)63-51(41)31-35)60-57(59-55)43-18-11-23-50-54(43)44-30-34(25-29-48(44)62-50)37-17-10-22-49-53(37)42-28-26-36(32-52(42)64-49)61-45-19-7-4-14-38(45)39-15-5-8-20-46(39)61;1-11-16(10)19(17(12(2)3)13(4)5)18(14(6)7)15(8)9/h1-32H;11H,1-10H2.